The van der Waals surface area contributed by atoms with Gasteiger partial charge in [-0.25, -0.2) is 9.78 Å². The Hall–Kier alpha value is -2.30. The molecule has 174 valence electrons. The predicted octanol–water partition coefficient (Wildman–Crippen LogP) is 3.71. The van der Waals surface area contributed by atoms with Crippen molar-refractivity contribution in [1.82, 2.24) is 20.6 Å². The lowest BCUT2D eigenvalue weighted by Gasteiger charge is -2.32. The van der Waals surface area contributed by atoms with E-state index in [0.717, 1.165) is 11.3 Å². The molecule has 0 saturated carbocycles. The van der Waals surface area contributed by atoms with Gasteiger partial charge in [-0.3, -0.25) is 9.59 Å². The monoisotopic (exact) mass is 501 g/mol. The Morgan fingerprint density at radius 1 is 1.16 bits per heavy atom. The molecule has 0 bridgehead atoms. The van der Waals surface area contributed by atoms with E-state index >= 15 is 0 Å². The van der Waals surface area contributed by atoms with Crippen LogP contribution in [0.25, 0.3) is 0 Å². The molecule has 0 aliphatic carbocycles. The summed E-state index contributed by atoms with van der Waals surface area (Å²) in [6, 6.07) is -0.0836. The van der Waals surface area contributed by atoms with E-state index in [1.54, 1.807) is 6.92 Å². The molecule has 12 heteroatoms. The number of carbonyl (C=O) groups excluding carboxylic acids is 2. The van der Waals surface area contributed by atoms with E-state index in [2.05, 4.69) is 20.6 Å². The molecule has 9 nitrogen and oxygen atoms in total. The Kier molecular flexibility index (Phi) is 7.06. The van der Waals surface area contributed by atoms with Crippen LogP contribution in [0.4, 0.5) is 5.13 Å². The lowest BCUT2D eigenvalue weighted by atomic mass is 10.1. The number of nitrogens with zero attached hydrogens (tertiary/aromatic N) is 2. The number of nitrogens with one attached hydrogen (secondary N) is 3. The van der Waals surface area contributed by atoms with E-state index in [0.29, 0.717) is 41.8 Å². The van der Waals surface area contributed by atoms with Gasteiger partial charge >= 0.3 is 5.97 Å². The number of aromatic amines is 1. The summed E-state index contributed by atoms with van der Waals surface area (Å²) >= 11 is 13.1. The van der Waals surface area contributed by atoms with Crippen molar-refractivity contribution in [1.29, 1.82) is 0 Å². The number of hydrogen-bond acceptors (Lipinski definition) is 6. The summed E-state index contributed by atoms with van der Waals surface area (Å²) in [5.74, 6) is -2.03. The maximum atomic E-state index is 12.5. The molecular weight excluding hydrogens is 477 g/mol. The molecule has 4 N–H and O–H groups in total. The highest BCUT2D eigenvalue weighted by atomic mass is 35.5. The van der Waals surface area contributed by atoms with Gasteiger partial charge in [0.2, 0.25) is 0 Å². The quantitative estimate of drug-likeness (QED) is 0.494. The van der Waals surface area contributed by atoms with Crippen LogP contribution >= 0.6 is 34.5 Å². The van der Waals surface area contributed by atoms with Crippen molar-refractivity contribution in [2.45, 2.75) is 52.1 Å². The van der Waals surface area contributed by atoms with Gasteiger partial charge in [-0.15, -0.1) is 0 Å². The van der Waals surface area contributed by atoms with Gasteiger partial charge in [0.15, 0.2) is 10.8 Å². The third-order valence-electron chi connectivity index (χ3n) is 4.90. The molecule has 0 radical (unpaired) electrons. The summed E-state index contributed by atoms with van der Waals surface area (Å²) in [5.41, 5.74) is 0.257. The van der Waals surface area contributed by atoms with Gasteiger partial charge in [0.05, 0.1) is 10.0 Å². The summed E-state index contributed by atoms with van der Waals surface area (Å²) < 4.78 is 0. The standard InChI is InChI=1S/C20H25Cl2N5O4S/c1-9-11(21)12(22)13(23-9)16(28)24-10-5-7-27(8-6-10)19-25-14(15(32-19)18(30)31)17(29)26-20(2,3)4/h10,23H,5-8H2,1-4H3,(H,24,28)(H,26,29)(H,30,31). The maximum Gasteiger partial charge on any atom is 0.348 e. The number of anilines is 1. The number of aromatic carboxylic acids is 1. The normalized spacial score (nSPS) is 15.0. The summed E-state index contributed by atoms with van der Waals surface area (Å²) in [6.45, 7) is 8.28. The number of carbonyl (C=O) groups is 3. The molecule has 32 heavy (non-hydrogen) atoms. The SMILES string of the molecule is Cc1[nH]c(C(=O)NC2CCN(c3nc(C(=O)NC(C)(C)C)c(C(=O)O)s3)CC2)c(Cl)c1Cl. The number of carboxylic acids is 1. The number of amides is 2. The topological polar surface area (TPSA) is 127 Å². The molecule has 3 heterocycles. The van der Waals surface area contributed by atoms with Crippen molar-refractivity contribution in [2.24, 2.45) is 0 Å². The number of piperidine rings is 1. The number of hydrogen-bond donors (Lipinski definition) is 4. The molecular formula is C20H25Cl2N5O4S. The Bertz CT molecular complexity index is 1050. The molecule has 1 saturated heterocycles. The summed E-state index contributed by atoms with van der Waals surface area (Å²) in [4.78, 5) is 45.8. The second-order valence-corrected chi connectivity index (χ2v) is 10.4. The molecule has 0 aromatic carbocycles. The van der Waals surface area contributed by atoms with Crippen LogP contribution < -0.4 is 15.5 Å². The van der Waals surface area contributed by atoms with Crippen LogP contribution in [0.3, 0.4) is 0 Å². The molecule has 3 rings (SSSR count). The van der Waals surface area contributed by atoms with Crippen LogP contribution in [0.5, 0.6) is 0 Å². The molecule has 0 spiro atoms. The highest BCUT2D eigenvalue weighted by molar-refractivity contribution is 7.17. The van der Waals surface area contributed by atoms with Crippen molar-refractivity contribution >= 4 is 57.5 Å². The first-order valence-electron chi connectivity index (χ1n) is 10.0. The number of aromatic nitrogens is 2. The molecule has 2 aromatic heterocycles. The van der Waals surface area contributed by atoms with Gasteiger partial charge in [-0.2, -0.15) is 0 Å². The minimum atomic E-state index is -1.19. The highest BCUT2D eigenvalue weighted by Gasteiger charge is 2.30. The van der Waals surface area contributed by atoms with E-state index in [1.165, 1.54) is 0 Å². The minimum Gasteiger partial charge on any atom is -0.477 e. The molecule has 1 aliphatic heterocycles. The van der Waals surface area contributed by atoms with Crippen LogP contribution in [-0.2, 0) is 0 Å². The summed E-state index contributed by atoms with van der Waals surface area (Å²) in [7, 11) is 0. The fourth-order valence-corrected chi connectivity index (χ4v) is 4.71. The average Bonchev–Trinajstić information content (AvgIpc) is 3.25. The molecule has 0 atom stereocenters. The molecule has 1 fully saturated rings. The third-order valence-corrected chi connectivity index (χ3v) is 6.95. The zero-order valence-electron chi connectivity index (χ0n) is 18.1. The van der Waals surface area contributed by atoms with Crippen LogP contribution in [-0.4, -0.2) is 57.5 Å². The largest absolute Gasteiger partial charge is 0.477 e. The number of thiazole rings is 1. The van der Waals surface area contributed by atoms with E-state index in [4.69, 9.17) is 23.2 Å². The van der Waals surface area contributed by atoms with Crippen molar-refractivity contribution in [3.05, 3.63) is 32.0 Å². The lowest BCUT2D eigenvalue weighted by molar-refractivity contribution is 0.0694. The lowest BCUT2D eigenvalue weighted by Crippen LogP contribution is -2.45. The van der Waals surface area contributed by atoms with Gasteiger partial charge in [-0.1, -0.05) is 34.5 Å². The van der Waals surface area contributed by atoms with Gasteiger partial charge in [0, 0.05) is 30.4 Å². The molecule has 0 unspecified atom stereocenters. The first-order valence-corrected chi connectivity index (χ1v) is 11.6. The fourth-order valence-electron chi connectivity index (χ4n) is 3.34. The van der Waals surface area contributed by atoms with Crippen molar-refractivity contribution in [2.75, 3.05) is 18.0 Å². The minimum absolute atomic E-state index is 0.0836. The third kappa shape index (κ3) is 5.36. The van der Waals surface area contributed by atoms with Crippen molar-refractivity contribution in [3.8, 4) is 0 Å². The second-order valence-electron chi connectivity index (χ2n) is 8.67. The molecule has 2 amide bonds. The summed E-state index contributed by atoms with van der Waals surface area (Å²) in [5, 5.41) is 16.2. The van der Waals surface area contributed by atoms with Gasteiger partial charge in [-0.05, 0) is 40.5 Å². The summed E-state index contributed by atoms with van der Waals surface area (Å²) in [6.07, 6.45) is 1.25. The number of halogens is 2. The maximum absolute atomic E-state index is 12.5. The van der Waals surface area contributed by atoms with E-state index in [-0.39, 0.29) is 33.2 Å². The van der Waals surface area contributed by atoms with E-state index in [9.17, 15) is 19.5 Å². The van der Waals surface area contributed by atoms with Crippen LogP contribution in [0.1, 0.15) is 70.0 Å². The number of aryl methyl sites for hydroxylation is 1. The van der Waals surface area contributed by atoms with Crippen LogP contribution in [0, 0.1) is 6.92 Å². The highest BCUT2D eigenvalue weighted by Crippen LogP contribution is 2.31. The first kappa shape index (κ1) is 24.3. The fraction of sp³-hybridized carbons (Fsp3) is 0.500. The van der Waals surface area contributed by atoms with Crippen LogP contribution in [0.2, 0.25) is 10.0 Å². The average molecular weight is 502 g/mol. The van der Waals surface area contributed by atoms with Crippen LogP contribution in [0.15, 0.2) is 0 Å². The zero-order chi connectivity index (χ0) is 23.8. The first-order chi connectivity index (χ1) is 14.9. The Labute approximate surface area is 199 Å². The van der Waals surface area contributed by atoms with Gasteiger partial charge < -0.3 is 25.6 Å². The Morgan fingerprint density at radius 3 is 2.28 bits per heavy atom. The van der Waals surface area contributed by atoms with Crippen molar-refractivity contribution < 1.29 is 19.5 Å². The Morgan fingerprint density at radius 2 is 1.78 bits per heavy atom. The second kappa shape index (κ2) is 9.29. The van der Waals surface area contributed by atoms with Crippen molar-refractivity contribution in [3.63, 3.8) is 0 Å². The van der Waals surface area contributed by atoms with Gasteiger partial charge in [0.1, 0.15) is 10.6 Å². The van der Waals surface area contributed by atoms with E-state index < -0.39 is 17.4 Å². The number of rotatable bonds is 5. The number of carboxylic acid groups (broad SMARTS) is 1. The van der Waals surface area contributed by atoms with Gasteiger partial charge in [0.25, 0.3) is 11.8 Å². The number of H-pyrrole nitrogens is 1. The Balaban J connectivity index is 1.66. The smallest absolute Gasteiger partial charge is 0.348 e. The molecule has 1 aliphatic rings. The predicted molar refractivity (Wildman–Crippen MR) is 125 cm³/mol. The molecule has 2 aromatic rings. The zero-order valence-corrected chi connectivity index (χ0v) is 20.5. The van der Waals surface area contributed by atoms with E-state index in [1.807, 2.05) is 25.7 Å².